The lowest BCUT2D eigenvalue weighted by molar-refractivity contribution is -0.114. The molecule has 3 aromatic carbocycles. The van der Waals surface area contributed by atoms with E-state index in [1.165, 1.54) is 17.3 Å². The van der Waals surface area contributed by atoms with Gasteiger partial charge in [-0.15, -0.1) is 0 Å². The summed E-state index contributed by atoms with van der Waals surface area (Å²) < 4.78 is 0. The van der Waals surface area contributed by atoms with Crippen molar-refractivity contribution in [3.05, 3.63) is 100.0 Å². The summed E-state index contributed by atoms with van der Waals surface area (Å²) in [4.78, 5) is 29.5. The Labute approximate surface area is 206 Å². The van der Waals surface area contributed by atoms with Crippen LogP contribution in [0.25, 0.3) is 6.08 Å². The predicted molar refractivity (Wildman–Crippen MR) is 141 cm³/mol. The quantitative estimate of drug-likeness (QED) is 0.404. The van der Waals surface area contributed by atoms with Crippen LogP contribution in [-0.4, -0.2) is 18.4 Å². The predicted octanol–water partition coefficient (Wildman–Crippen LogP) is 6.45. The van der Waals surface area contributed by atoms with Crippen LogP contribution in [0, 0.1) is 12.8 Å². The maximum Gasteiger partial charge on any atom is 0.265 e. The number of carbonyl (C=O) groups excluding carboxylic acids is 2. The van der Waals surface area contributed by atoms with Crippen LogP contribution in [0.5, 0.6) is 0 Å². The van der Waals surface area contributed by atoms with E-state index in [1.807, 2.05) is 65.6 Å². The molecule has 0 fully saturated rings. The molecule has 0 spiro atoms. The molecule has 1 aliphatic rings. The zero-order valence-electron chi connectivity index (χ0n) is 19.9. The van der Waals surface area contributed by atoms with Gasteiger partial charge in [-0.2, -0.15) is 0 Å². The van der Waals surface area contributed by atoms with E-state index in [9.17, 15) is 9.59 Å². The van der Waals surface area contributed by atoms with Crippen LogP contribution in [0.1, 0.15) is 47.3 Å². The largest absolute Gasteiger partial charge is 0.352 e. The molecule has 4 rings (SSSR count). The van der Waals surface area contributed by atoms with Crippen molar-refractivity contribution in [2.24, 2.45) is 5.92 Å². The van der Waals surface area contributed by atoms with E-state index in [4.69, 9.17) is 0 Å². The smallest absolute Gasteiger partial charge is 0.265 e. The van der Waals surface area contributed by atoms with Crippen molar-refractivity contribution in [3.63, 3.8) is 0 Å². The molecule has 4 nitrogen and oxygen atoms in total. The summed E-state index contributed by atoms with van der Waals surface area (Å²) in [5.74, 6) is 0.471. The fraction of sp³-hybridized carbons (Fsp3) is 0.241. The summed E-state index contributed by atoms with van der Waals surface area (Å²) in [6.45, 7) is 7.54. The van der Waals surface area contributed by atoms with Crippen LogP contribution in [0.4, 0.5) is 5.69 Å². The number of benzene rings is 3. The number of carbonyl (C=O) groups is 2. The Hall–Kier alpha value is -3.31. The highest BCUT2D eigenvalue weighted by Gasteiger charge is 2.29. The van der Waals surface area contributed by atoms with Gasteiger partial charge in [-0.05, 0) is 66.3 Å². The molecule has 0 saturated carbocycles. The van der Waals surface area contributed by atoms with Crippen molar-refractivity contribution >= 4 is 35.3 Å². The first-order valence-electron chi connectivity index (χ1n) is 11.7. The third kappa shape index (κ3) is 5.60. The molecule has 0 aliphatic carbocycles. The molecule has 3 aromatic rings. The molecule has 174 valence electrons. The van der Waals surface area contributed by atoms with Crippen molar-refractivity contribution in [1.29, 1.82) is 0 Å². The fourth-order valence-electron chi connectivity index (χ4n) is 3.84. The van der Waals surface area contributed by atoms with Crippen molar-refractivity contribution < 1.29 is 9.59 Å². The lowest BCUT2D eigenvalue weighted by atomic mass is 10.1. The van der Waals surface area contributed by atoms with Crippen LogP contribution in [0.15, 0.2) is 82.6 Å². The molecule has 0 unspecified atom stereocenters. The monoisotopic (exact) mass is 470 g/mol. The highest BCUT2D eigenvalue weighted by Crippen LogP contribution is 2.42. The van der Waals surface area contributed by atoms with Gasteiger partial charge in [-0.25, -0.2) is 0 Å². The number of anilines is 1. The number of hydrogen-bond acceptors (Lipinski definition) is 3. The average molecular weight is 471 g/mol. The number of rotatable bonds is 7. The fourth-order valence-corrected chi connectivity index (χ4v) is 4.89. The molecule has 5 heteroatoms. The van der Waals surface area contributed by atoms with E-state index in [2.05, 4.69) is 44.3 Å². The summed E-state index contributed by atoms with van der Waals surface area (Å²) >= 11 is 1.49. The van der Waals surface area contributed by atoms with E-state index in [1.54, 1.807) is 0 Å². The normalized spacial score (nSPS) is 14.4. The lowest BCUT2D eigenvalue weighted by Crippen LogP contribution is -2.33. The second-order valence-corrected chi connectivity index (χ2v) is 10.0. The van der Waals surface area contributed by atoms with E-state index < -0.39 is 0 Å². The Morgan fingerprint density at radius 2 is 1.71 bits per heavy atom. The van der Waals surface area contributed by atoms with Crippen LogP contribution in [-0.2, 0) is 11.3 Å². The number of nitrogens with one attached hydrogen (secondary N) is 1. The molecule has 0 saturated heterocycles. The summed E-state index contributed by atoms with van der Waals surface area (Å²) in [5, 5.41) is 2.96. The zero-order chi connectivity index (χ0) is 24.1. The van der Waals surface area contributed by atoms with Gasteiger partial charge in [0.2, 0.25) is 0 Å². The maximum atomic E-state index is 13.5. The maximum absolute atomic E-state index is 13.5. The van der Waals surface area contributed by atoms with E-state index in [0.29, 0.717) is 29.5 Å². The second-order valence-electron chi connectivity index (χ2n) is 8.96. The Bertz CT molecular complexity index is 1210. The van der Waals surface area contributed by atoms with Gasteiger partial charge in [0.25, 0.3) is 11.8 Å². The van der Waals surface area contributed by atoms with E-state index in [0.717, 1.165) is 28.1 Å². The lowest BCUT2D eigenvalue weighted by Gasteiger charge is -2.31. The van der Waals surface area contributed by atoms with Crippen molar-refractivity contribution in [2.75, 3.05) is 11.4 Å². The van der Waals surface area contributed by atoms with Gasteiger partial charge in [0, 0.05) is 17.0 Å². The van der Waals surface area contributed by atoms with Gasteiger partial charge in [0.05, 0.1) is 17.1 Å². The van der Waals surface area contributed by atoms with Gasteiger partial charge in [0.1, 0.15) is 0 Å². The van der Waals surface area contributed by atoms with Crippen molar-refractivity contribution in [3.8, 4) is 0 Å². The molecule has 0 radical (unpaired) electrons. The first-order chi connectivity index (χ1) is 16.4. The third-order valence-electron chi connectivity index (χ3n) is 5.90. The average Bonchev–Trinajstić information content (AvgIpc) is 2.83. The molecule has 0 atom stereocenters. The minimum Gasteiger partial charge on any atom is -0.352 e. The van der Waals surface area contributed by atoms with Gasteiger partial charge >= 0.3 is 0 Å². The zero-order valence-corrected chi connectivity index (χ0v) is 20.7. The Morgan fingerprint density at radius 1 is 1.00 bits per heavy atom. The van der Waals surface area contributed by atoms with E-state index >= 15 is 0 Å². The number of hydrogen-bond donors (Lipinski definition) is 1. The van der Waals surface area contributed by atoms with Crippen molar-refractivity contribution in [2.45, 2.75) is 38.6 Å². The minimum absolute atomic E-state index is 0.0116. The number of para-hydroxylation sites is 1. The van der Waals surface area contributed by atoms with Gasteiger partial charge in [0.15, 0.2) is 0 Å². The molecule has 1 N–H and O–H groups in total. The molecule has 2 amide bonds. The van der Waals surface area contributed by atoms with Crippen LogP contribution < -0.4 is 10.2 Å². The molecule has 1 aliphatic heterocycles. The van der Waals surface area contributed by atoms with Crippen LogP contribution in [0.2, 0.25) is 0 Å². The standard InChI is InChI=1S/C29H30N2O2S/c1-20(2)16-17-30-28(32)23-14-12-22(13-15-23)18-27-29(33)31(19-24-9-5-4-8-21(24)3)25-10-6-7-11-26(25)34-27/h4-15,18,20H,16-17,19H2,1-3H3,(H,30,32)/b27-18+. The van der Waals surface area contributed by atoms with Gasteiger partial charge in [-0.1, -0.05) is 74.1 Å². The molecule has 0 aromatic heterocycles. The summed E-state index contributed by atoms with van der Waals surface area (Å²) in [6, 6.07) is 23.6. The Balaban J connectivity index is 1.56. The number of fused-ring (bicyclic) bond motifs is 1. The number of nitrogens with zero attached hydrogens (tertiary/aromatic N) is 1. The Kier molecular flexibility index (Phi) is 7.53. The molecule has 1 heterocycles. The van der Waals surface area contributed by atoms with Crippen molar-refractivity contribution in [1.82, 2.24) is 5.32 Å². The van der Waals surface area contributed by atoms with Crippen LogP contribution in [0.3, 0.4) is 0 Å². The van der Waals surface area contributed by atoms with Gasteiger partial charge in [-0.3, -0.25) is 9.59 Å². The summed E-state index contributed by atoms with van der Waals surface area (Å²) in [6.07, 6.45) is 2.87. The minimum atomic E-state index is -0.0682. The highest BCUT2D eigenvalue weighted by molar-refractivity contribution is 8.04. The topological polar surface area (TPSA) is 49.4 Å². The summed E-state index contributed by atoms with van der Waals surface area (Å²) in [5.41, 5.74) is 4.75. The third-order valence-corrected chi connectivity index (χ3v) is 6.98. The summed E-state index contributed by atoms with van der Waals surface area (Å²) in [7, 11) is 0. The number of thioether (sulfide) groups is 1. The number of aryl methyl sites for hydroxylation is 1. The van der Waals surface area contributed by atoms with Crippen LogP contribution >= 0.6 is 11.8 Å². The molecule has 0 bridgehead atoms. The molecule has 34 heavy (non-hydrogen) atoms. The second kappa shape index (κ2) is 10.7. The number of amides is 2. The van der Waals surface area contributed by atoms with E-state index in [-0.39, 0.29) is 11.8 Å². The first-order valence-corrected chi connectivity index (χ1v) is 12.5. The van der Waals surface area contributed by atoms with Gasteiger partial charge < -0.3 is 10.2 Å². The highest BCUT2D eigenvalue weighted by atomic mass is 32.2. The molecular weight excluding hydrogens is 440 g/mol. The SMILES string of the molecule is Cc1ccccc1CN1C(=O)/C(=C\c2ccc(C(=O)NCCC(C)C)cc2)Sc2ccccc21. The Morgan fingerprint density at radius 3 is 2.44 bits per heavy atom. The first kappa shape index (κ1) is 23.8. The molecular formula is C29H30N2O2S.